The standard InChI is InChI=1S/C11H17N3O.In/c1-8(11(12)15)6-13-10-7-14-4-2-9(10)3-5-14;/h1,9-10H,2-7H2,(H2,12,15);/q-1;+1/t10-;/m0./s1. The molecule has 0 aromatic heterocycles. The molecule has 2 bridgehead atoms. The maximum absolute atomic E-state index is 11.1. The van der Waals surface area contributed by atoms with Gasteiger partial charge in [-0.2, -0.15) is 0 Å². The van der Waals surface area contributed by atoms with Gasteiger partial charge < -0.3 is 0 Å². The van der Waals surface area contributed by atoms with E-state index in [9.17, 15) is 4.79 Å². The van der Waals surface area contributed by atoms with Crippen LogP contribution in [-0.2, 0) is 4.79 Å². The first-order valence-electron chi connectivity index (χ1n) is 6.06. The van der Waals surface area contributed by atoms with Gasteiger partial charge in [-0.25, -0.2) is 0 Å². The van der Waals surface area contributed by atoms with E-state index in [1.165, 1.54) is 32.5 Å². The summed E-state index contributed by atoms with van der Waals surface area (Å²) in [6.45, 7) is 4.67. The molecule has 0 saturated carbocycles. The Labute approximate surface area is 108 Å². The minimum absolute atomic E-state index is 0.199. The van der Waals surface area contributed by atoms with Crippen LogP contribution in [0.3, 0.4) is 0 Å². The predicted molar refractivity (Wildman–Crippen MR) is 62.7 cm³/mol. The Kier molecular flexibility index (Phi) is 3.02. The van der Waals surface area contributed by atoms with E-state index in [-0.39, 0.29) is 5.91 Å². The van der Waals surface area contributed by atoms with Gasteiger partial charge in [0.1, 0.15) is 0 Å². The summed E-state index contributed by atoms with van der Waals surface area (Å²) in [7, 11) is 0. The number of amides is 1. The molecule has 4 heterocycles. The van der Waals surface area contributed by atoms with E-state index in [1.54, 1.807) is 0 Å². The van der Waals surface area contributed by atoms with Gasteiger partial charge in [0.2, 0.25) is 0 Å². The van der Waals surface area contributed by atoms with Gasteiger partial charge in [0.25, 0.3) is 0 Å². The summed E-state index contributed by atoms with van der Waals surface area (Å²) >= 11 is -0.820. The maximum atomic E-state index is 11.1. The molecule has 1 amide bonds. The molecule has 85 valence electrons. The molecule has 4 aliphatic heterocycles. The average Bonchev–Trinajstić information content (AvgIpc) is 2.80. The number of nitrogens with two attached hydrogens (primary N) is 1. The molecule has 4 aliphatic rings. The van der Waals surface area contributed by atoms with Crippen molar-refractivity contribution in [3.8, 4) is 0 Å². The molecule has 16 heavy (non-hydrogen) atoms. The van der Waals surface area contributed by atoms with Gasteiger partial charge in [-0.05, 0) is 0 Å². The van der Waals surface area contributed by atoms with E-state index in [4.69, 9.17) is 5.73 Å². The molecule has 0 spiro atoms. The number of nitrogens with zero attached hydrogens (tertiary/aromatic N) is 2. The number of primary amides is 1. The van der Waals surface area contributed by atoms with Gasteiger partial charge in [0, 0.05) is 0 Å². The first-order chi connectivity index (χ1) is 7.74. The van der Waals surface area contributed by atoms with Crippen molar-refractivity contribution in [3.63, 3.8) is 0 Å². The topological polar surface area (TPSA) is 49.6 Å². The van der Waals surface area contributed by atoms with Crippen LogP contribution >= 0.6 is 0 Å². The number of fused-ring (bicyclic) bond motifs is 3. The van der Waals surface area contributed by atoms with Crippen molar-refractivity contribution in [2.24, 2.45) is 11.7 Å². The molecule has 3 saturated heterocycles. The summed E-state index contributed by atoms with van der Waals surface area (Å²) in [5.74, 6) is 0.687. The van der Waals surface area contributed by atoms with E-state index in [2.05, 4.69) is 11.6 Å². The summed E-state index contributed by atoms with van der Waals surface area (Å²) in [5.41, 5.74) is 6.24. The number of piperidine rings is 3. The van der Waals surface area contributed by atoms with Gasteiger partial charge in [-0.1, -0.05) is 0 Å². The third-order valence-corrected chi connectivity index (χ3v) is 8.47. The fourth-order valence-corrected chi connectivity index (χ4v) is 7.47. The Bertz CT molecular complexity index is 336. The first kappa shape index (κ1) is 11.1. The molecule has 0 unspecified atom stereocenters. The molecule has 5 heteroatoms. The van der Waals surface area contributed by atoms with Crippen LogP contribution in [0.1, 0.15) is 12.8 Å². The molecule has 3 fully saturated rings. The minimum atomic E-state index is -0.820. The Morgan fingerprint density at radius 1 is 1.44 bits per heavy atom. The summed E-state index contributed by atoms with van der Waals surface area (Å²) in [6.07, 6.45) is 2.71. The summed E-state index contributed by atoms with van der Waals surface area (Å²) in [5, 5.41) is 0. The Hall–Kier alpha value is 0.000130. The SMILES string of the molecule is NC(=O)C1=[CH][In][N]([C@H]2CN3CCC2CC3)C1. The quantitative estimate of drug-likeness (QED) is 0.738. The van der Waals surface area contributed by atoms with Crippen molar-refractivity contribution in [1.82, 2.24) is 7.79 Å². The Morgan fingerprint density at radius 2 is 2.19 bits per heavy atom. The molecule has 0 aromatic rings. The third kappa shape index (κ3) is 1.93. The monoisotopic (exact) mass is 322 g/mol. The van der Waals surface area contributed by atoms with Crippen LogP contribution in [0.5, 0.6) is 0 Å². The normalized spacial score (nSPS) is 38.2. The number of rotatable bonds is 2. The zero-order valence-electron chi connectivity index (χ0n) is 9.43. The van der Waals surface area contributed by atoms with Crippen LogP contribution in [-0.4, -0.2) is 69.1 Å². The van der Waals surface area contributed by atoms with E-state index in [0.717, 1.165) is 24.1 Å². The van der Waals surface area contributed by atoms with E-state index in [1.807, 2.05) is 0 Å². The molecule has 0 aliphatic carbocycles. The average molecular weight is 322 g/mol. The van der Waals surface area contributed by atoms with Crippen LogP contribution in [0.4, 0.5) is 0 Å². The molecule has 2 N–H and O–H groups in total. The van der Waals surface area contributed by atoms with Crippen LogP contribution in [0.2, 0.25) is 0 Å². The van der Waals surface area contributed by atoms with Gasteiger partial charge in [0.05, 0.1) is 0 Å². The summed E-state index contributed by atoms with van der Waals surface area (Å²) < 4.78 is 4.81. The van der Waals surface area contributed by atoms with Crippen molar-refractivity contribution in [3.05, 3.63) is 9.41 Å². The van der Waals surface area contributed by atoms with Gasteiger partial charge in [0.15, 0.2) is 0 Å². The number of hydrogen-bond donors (Lipinski definition) is 1. The van der Waals surface area contributed by atoms with Gasteiger partial charge in [-0.3, -0.25) is 0 Å². The zero-order valence-corrected chi connectivity index (χ0v) is 12.7. The molecule has 4 nitrogen and oxygen atoms in total. The van der Waals surface area contributed by atoms with Crippen LogP contribution in [0, 0.1) is 5.92 Å². The van der Waals surface area contributed by atoms with Crippen molar-refractivity contribution in [2.75, 3.05) is 26.2 Å². The van der Waals surface area contributed by atoms with Gasteiger partial charge in [-0.15, -0.1) is 0 Å². The van der Waals surface area contributed by atoms with Gasteiger partial charge >= 0.3 is 108 Å². The van der Waals surface area contributed by atoms with Crippen molar-refractivity contribution in [1.29, 1.82) is 0 Å². The second-order valence-corrected chi connectivity index (χ2v) is 8.78. The van der Waals surface area contributed by atoms with E-state index in [0.29, 0.717) is 0 Å². The summed E-state index contributed by atoms with van der Waals surface area (Å²) in [4.78, 5) is 13.7. The fraction of sp³-hybridized carbons (Fsp3) is 0.727. The molecular weight excluding hydrogens is 305 g/mol. The van der Waals surface area contributed by atoms with Crippen molar-refractivity contribution >= 4 is 29.1 Å². The van der Waals surface area contributed by atoms with Crippen LogP contribution in [0.15, 0.2) is 9.41 Å². The molecule has 0 aromatic carbocycles. The predicted octanol–water partition coefficient (Wildman–Crippen LogP) is -0.615. The number of carbonyl (C=O) groups is 1. The molecule has 1 atom stereocenters. The van der Waals surface area contributed by atoms with E-state index >= 15 is 0 Å². The zero-order chi connectivity index (χ0) is 11.1. The van der Waals surface area contributed by atoms with Crippen LogP contribution < -0.4 is 5.73 Å². The second-order valence-electron chi connectivity index (χ2n) is 5.08. The summed E-state index contributed by atoms with van der Waals surface area (Å²) in [6, 6.07) is 0.733. The Morgan fingerprint density at radius 3 is 2.69 bits per heavy atom. The fourth-order valence-electron chi connectivity index (χ4n) is 3.19. The molecule has 4 rings (SSSR count). The number of carbonyl (C=O) groups excluding carboxylic acids is 1. The first-order valence-corrected chi connectivity index (χ1v) is 9.43. The molecule has 1 radical (unpaired) electrons. The van der Waals surface area contributed by atoms with Crippen molar-refractivity contribution in [2.45, 2.75) is 18.9 Å². The second kappa shape index (κ2) is 4.35. The van der Waals surface area contributed by atoms with Crippen molar-refractivity contribution < 1.29 is 4.79 Å². The van der Waals surface area contributed by atoms with Crippen LogP contribution in [0.25, 0.3) is 0 Å². The van der Waals surface area contributed by atoms with E-state index < -0.39 is 23.2 Å². The molecular formula is C11H17InN3O. The number of hydrogen-bond acceptors (Lipinski definition) is 3. The Balaban J connectivity index is 1.66. The third-order valence-electron chi connectivity index (χ3n) is 4.18.